The quantitative estimate of drug-likeness (QED) is 0.0760. The third-order valence-corrected chi connectivity index (χ3v) is 10.2. The highest BCUT2D eigenvalue weighted by molar-refractivity contribution is 6.71. The second-order valence-corrected chi connectivity index (χ2v) is 17.4. The van der Waals surface area contributed by atoms with Crippen LogP contribution in [0.4, 0.5) is 0 Å². The number of aliphatic imine (C=N–C) groups is 1. The zero-order valence-electron chi connectivity index (χ0n) is 23.9. The molecule has 198 valence electrons. The predicted molar refractivity (Wildman–Crippen MR) is 155 cm³/mol. The fourth-order valence-corrected chi connectivity index (χ4v) is 7.32. The minimum absolute atomic E-state index is 0.0710. The number of aryl methyl sites for hydroxylation is 1. The molecular formula is C30H50ClNO2Si. The van der Waals surface area contributed by atoms with Crippen LogP contribution in [0, 0.1) is 16.7 Å². The van der Waals surface area contributed by atoms with E-state index in [9.17, 15) is 4.79 Å². The summed E-state index contributed by atoms with van der Waals surface area (Å²) in [6.07, 6.45) is 10.1. The maximum atomic E-state index is 11.6. The average Bonchev–Trinajstić information content (AvgIpc) is 2.74. The molecule has 0 aromatic heterocycles. The van der Waals surface area contributed by atoms with Crippen molar-refractivity contribution in [2.24, 2.45) is 21.7 Å². The van der Waals surface area contributed by atoms with Crippen molar-refractivity contribution in [3.63, 3.8) is 0 Å². The van der Waals surface area contributed by atoms with E-state index < -0.39 is 13.9 Å². The normalized spacial score (nSPS) is 15.3. The second-order valence-electron chi connectivity index (χ2n) is 12.7. The molecule has 0 radical (unpaired) electrons. The van der Waals surface area contributed by atoms with Gasteiger partial charge in [0.15, 0.2) is 8.32 Å². The van der Waals surface area contributed by atoms with E-state index in [1.165, 1.54) is 18.9 Å². The van der Waals surface area contributed by atoms with Gasteiger partial charge in [0.2, 0.25) is 6.08 Å². The Morgan fingerprint density at radius 1 is 1.14 bits per heavy atom. The molecule has 0 amide bonds. The molecule has 0 aliphatic rings. The Kier molecular flexibility index (Phi) is 12.2. The summed E-state index contributed by atoms with van der Waals surface area (Å²) in [5.74, 6) is -0.0710. The van der Waals surface area contributed by atoms with Crippen molar-refractivity contribution in [3.05, 3.63) is 47.0 Å². The van der Waals surface area contributed by atoms with Crippen molar-refractivity contribution in [2.75, 3.05) is 6.61 Å². The van der Waals surface area contributed by atoms with Crippen LogP contribution in [0.1, 0.15) is 91.7 Å². The largest absolute Gasteiger partial charge is 0.417 e. The lowest BCUT2D eigenvalue weighted by Gasteiger charge is -2.42. The second kappa shape index (κ2) is 13.4. The highest BCUT2D eigenvalue weighted by atomic mass is 35.5. The number of hydrogen-bond donors (Lipinski definition) is 0. The minimum Gasteiger partial charge on any atom is -0.417 e. The minimum atomic E-state index is -1.59. The van der Waals surface area contributed by atoms with Crippen molar-refractivity contribution in [1.29, 1.82) is 0 Å². The molecule has 0 N–H and O–H groups in total. The van der Waals surface area contributed by atoms with Crippen LogP contribution < -0.4 is 0 Å². The van der Waals surface area contributed by atoms with Gasteiger partial charge in [0.25, 0.3) is 0 Å². The zero-order chi connectivity index (χ0) is 26.9. The summed E-state index contributed by atoms with van der Waals surface area (Å²) in [6.45, 7) is 25.0. The van der Waals surface area contributed by atoms with E-state index in [1.54, 1.807) is 0 Å². The van der Waals surface area contributed by atoms with Gasteiger partial charge in [0.05, 0.1) is 0 Å². The Morgan fingerprint density at radius 2 is 1.80 bits per heavy atom. The summed E-state index contributed by atoms with van der Waals surface area (Å²) in [4.78, 5) is 15.9. The number of isocyanates is 1. The van der Waals surface area contributed by atoms with Crippen LogP contribution in [0.2, 0.25) is 24.2 Å². The molecule has 0 heterocycles. The SMILES string of the molecule is C=CC(C(C)(C)CCCO[Si](C)(C)CCCC)C(C)(N=C=O)c1ccc(CCC(C)(C)C)c(Cl)c1. The molecule has 2 atom stereocenters. The number of unbranched alkanes of at least 4 members (excludes halogenated alkanes) is 1. The van der Waals surface area contributed by atoms with Crippen molar-refractivity contribution in [3.8, 4) is 0 Å². The van der Waals surface area contributed by atoms with E-state index in [1.807, 2.05) is 25.1 Å². The highest BCUT2D eigenvalue weighted by Crippen LogP contribution is 2.47. The first-order valence-electron chi connectivity index (χ1n) is 13.3. The Bertz CT molecular complexity index is 868. The monoisotopic (exact) mass is 519 g/mol. The van der Waals surface area contributed by atoms with Crippen LogP contribution in [0.15, 0.2) is 35.8 Å². The maximum absolute atomic E-state index is 11.6. The van der Waals surface area contributed by atoms with Gasteiger partial charge in [-0.2, -0.15) is 4.99 Å². The van der Waals surface area contributed by atoms with Gasteiger partial charge < -0.3 is 4.43 Å². The number of benzene rings is 1. The van der Waals surface area contributed by atoms with Gasteiger partial charge in [0.1, 0.15) is 5.54 Å². The van der Waals surface area contributed by atoms with Crippen molar-refractivity contribution in [2.45, 2.75) is 112 Å². The first kappa shape index (κ1) is 31.8. The number of hydrogen-bond acceptors (Lipinski definition) is 3. The Morgan fingerprint density at radius 3 is 2.31 bits per heavy atom. The molecule has 0 saturated heterocycles. The van der Waals surface area contributed by atoms with Crippen LogP contribution in [-0.2, 0) is 21.2 Å². The van der Waals surface area contributed by atoms with Gasteiger partial charge in [-0.25, -0.2) is 4.79 Å². The van der Waals surface area contributed by atoms with Gasteiger partial charge in [-0.15, -0.1) is 6.58 Å². The summed E-state index contributed by atoms with van der Waals surface area (Å²) in [5, 5.41) is 0.729. The number of nitrogens with zero attached hydrogens (tertiary/aromatic N) is 1. The highest BCUT2D eigenvalue weighted by Gasteiger charge is 2.43. The summed E-state index contributed by atoms with van der Waals surface area (Å²) in [5.41, 5.74) is 1.35. The number of halogens is 1. The number of carbonyl (C=O) groups excluding carboxylic acids is 1. The lowest BCUT2D eigenvalue weighted by atomic mass is 9.64. The van der Waals surface area contributed by atoms with Gasteiger partial charge in [0, 0.05) is 17.5 Å². The molecule has 1 aromatic rings. The topological polar surface area (TPSA) is 38.7 Å². The third kappa shape index (κ3) is 10.00. The van der Waals surface area contributed by atoms with Crippen LogP contribution in [-0.4, -0.2) is 21.0 Å². The Hall–Kier alpha value is -1.19. The maximum Gasteiger partial charge on any atom is 0.235 e. The fraction of sp³-hybridized carbons (Fsp3) is 0.700. The molecule has 2 unspecified atom stereocenters. The third-order valence-electron chi connectivity index (χ3n) is 7.33. The van der Waals surface area contributed by atoms with E-state index >= 15 is 0 Å². The lowest BCUT2D eigenvalue weighted by molar-refractivity contribution is 0.141. The smallest absolute Gasteiger partial charge is 0.235 e. The molecule has 5 heteroatoms. The standard InChI is InChI=1S/C30H50ClNO2Si/c1-11-13-21-35(9,10)34-20-14-18-29(6,7)27(12-2)30(8,32-23-33)25-16-15-24(26(31)22-25)17-19-28(3,4)5/h12,15-16,22,27H,2,11,13-14,17-21H2,1,3-10H3. The van der Waals surface area contributed by atoms with Gasteiger partial charge >= 0.3 is 0 Å². The summed E-state index contributed by atoms with van der Waals surface area (Å²) in [6, 6.07) is 7.35. The van der Waals surface area contributed by atoms with Crippen LogP contribution in [0.5, 0.6) is 0 Å². The van der Waals surface area contributed by atoms with Gasteiger partial charge in [-0.1, -0.05) is 84.2 Å². The zero-order valence-corrected chi connectivity index (χ0v) is 25.6. The predicted octanol–water partition coefficient (Wildman–Crippen LogP) is 9.50. The molecule has 0 fully saturated rings. The average molecular weight is 520 g/mol. The molecule has 35 heavy (non-hydrogen) atoms. The van der Waals surface area contributed by atoms with E-state index in [-0.39, 0.29) is 16.7 Å². The molecule has 0 saturated carbocycles. The van der Waals surface area contributed by atoms with Crippen molar-refractivity contribution < 1.29 is 9.22 Å². The van der Waals surface area contributed by atoms with Crippen LogP contribution >= 0.6 is 11.6 Å². The lowest BCUT2D eigenvalue weighted by Crippen LogP contribution is -2.39. The van der Waals surface area contributed by atoms with E-state index in [4.69, 9.17) is 16.0 Å². The molecule has 0 aliphatic carbocycles. The van der Waals surface area contributed by atoms with Gasteiger partial charge in [-0.05, 0) is 79.8 Å². The first-order valence-corrected chi connectivity index (χ1v) is 16.8. The van der Waals surface area contributed by atoms with E-state index in [0.29, 0.717) is 0 Å². The summed E-state index contributed by atoms with van der Waals surface area (Å²) >= 11 is 6.73. The van der Waals surface area contributed by atoms with E-state index in [2.05, 4.69) is 78.3 Å². The Balaban J connectivity index is 3.08. The summed E-state index contributed by atoms with van der Waals surface area (Å²) < 4.78 is 6.34. The van der Waals surface area contributed by atoms with Crippen molar-refractivity contribution >= 4 is 26.0 Å². The fourth-order valence-electron chi connectivity index (χ4n) is 5.00. The van der Waals surface area contributed by atoms with Gasteiger partial charge in [-0.3, -0.25) is 0 Å². The molecule has 0 spiro atoms. The van der Waals surface area contributed by atoms with Crippen LogP contribution in [0.25, 0.3) is 0 Å². The summed E-state index contributed by atoms with van der Waals surface area (Å²) in [7, 11) is -1.59. The molecular weight excluding hydrogens is 470 g/mol. The molecule has 0 bridgehead atoms. The van der Waals surface area contributed by atoms with E-state index in [0.717, 1.165) is 48.4 Å². The molecule has 0 aliphatic heterocycles. The van der Waals surface area contributed by atoms with Crippen molar-refractivity contribution in [1.82, 2.24) is 0 Å². The first-order chi connectivity index (χ1) is 16.1. The number of rotatable bonds is 15. The molecule has 1 aromatic carbocycles. The molecule has 3 nitrogen and oxygen atoms in total. The van der Waals surface area contributed by atoms with Crippen LogP contribution in [0.3, 0.4) is 0 Å². The molecule has 1 rings (SSSR count). The Labute approximate surface area is 221 Å².